The Labute approximate surface area is 355 Å². The van der Waals surface area contributed by atoms with Crippen LogP contribution in [0.25, 0.3) is 0 Å². The summed E-state index contributed by atoms with van der Waals surface area (Å²) in [5, 5.41) is 64.8. The fourth-order valence-corrected chi connectivity index (χ4v) is 7.93. The number of hydrogen-bond acceptors (Lipinski definition) is 9. The second kappa shape index (κ2) is 38.8. The molecule has 8 unspecified atom stereocenters. The first-order valence-electron chi connectivity index (χ1n) is 24.5. The van der Waals surface area contributed by atoms with Crippen molar-refractivity contribution in [2.45, 2.75) is 275 Å². The maximum Gasteiger partial charge on any atom is 0.249 e. The van der Waals surface area contributed by atoms with Gasteiger partial charge in [0.15, 0.2) is 6.29 Å². The molecule has 0 radical (unpaired) electrons. The molecule has 1 aliphatic rings. The van der Waals surface area contributed by atoms with E-state index in [9.17, 15) is 35.4 Å². The minimum atomic E-state index is -1.61. The van der Waals surface area contributed by atoms with Crippen LogP contribution in [-0.2, 0) is 14.3 Å². The molecular formula is C48H93NO9. The maximum absolute atomic E-state index is 13.1. The Balaban J connectivity index is 2.38. The van der Waals surface area contributed by atoms with Crippen LogP contribution in [0.3, 0.4) is 0 Å². The van der Waals surface area contributed by atoms with E-state index in [2.05, 4.69) is 19.2 Å². The summed E-state index contributed by atoms with van der Waals surface area (Å²) in [6.07, 6.45) is 34.3. The fraction of sp³-hybridized carbons (Fsp3) is 0.938. The lowest BCUT2D eigenvalue weighted by atomic mass is 9.99. The van der Waals surface area contributed by atoms with E-state index < -0.39 is 61.5 Å². The number of ether oxygens (including phenoxy) is 2. The van der Waals surface area contributed by atoms with Crippen molar-refractivity contribution in [3.05, 3.63) is 12.2 Å². The monoisotopic (exact) mass is 828 g/mol. The van der Waals surface area contributed by atoms with E-state index in [0.717, 1.165) is 44.9 Å². The summed E-state index contributed by atoms with van der Waals surface area (Å²) in [7, 11) is 0. The molecule has 1 rings (SSSR count). The molecule has 10 nitrogen and oxygen atoms in total. The standard InChI is InChI=1S/C48H93NO9/c1-3-5-7-9-11-13-15-17-19-21-23-25-27-29-31-33-35-37-42(52)47(56)49-40(39-57-48-46(55)45(54)44(53)43(38-50)58-48)41(51)36-34-32-30-28-26-24-22-20-18-16-14-12-10-8-6-4-2/h34,36,40-46,48,50-55H,3-33,35,37-39H2,1-2H3,(H,49,56)/b36-34+. The van der Waals surface area contributed by atoms with E-state index in [1.807, 2.05) is 6.08 Å². The van der Waals surface area contributed by atoms with Crippen LogP contribution >= 0.6 is 0 Å². The molecule has 10 heteroatoms. The highest BCUT2D eigenvalue weighted by molar-refractivity contribution is 5.80. The van der Waals surface area contributed by atoms with Crippen molar-refractivity contribution in [1.82, 2.24) is 5.32 Å². The Morgan fingerprint density at radius 1 is 0.586 bits per heavy atom. The molecule has 0 spiro atoms. The number of carbonyl (C=O) groups is 1. The van der Waals surface area contributed by atoms with Crippen molar-refractivity contribution in [3.63, 3.8) is 0 Å². The number of aliphatic hydroxyl groups is 6. The number of hydrogen-bond donors (Lipinski definition) is 7. The van der Waals surface area contributed by atoms with E-state index >= 15 is 0 Å². The van der Waals surface area contributed by atoms with Gasteiger partial charge in [0.25, 0.3) is 0 Å². The van der Waals surface area contributed by atoms with Gasteiger partial charge in [-0.3, -0.25) is 4.79 Å². The summed E-state index contributed by atoms with van der Waals surface area (Å²) in [5.41, 5.74) is 0. The molecule has 0 aromatic rings. The van der Waals surface area contributed by atoms with Crippen LogP contribution < -0.4 is 5.32 Å². The Kier molecular flexibility index (Phi) is 36.7. The number of unbranched alkanes of at least 4 members (excludes halogenated alkanes) is 30. The third-order valence-corrected chi connectivity index (χ3v) is 12.0. The van der Waals surface area contributed by atoms with Crippen molar-refractivity contribution in [2.24, 2.45) is 0 Å². The van der Waals surface area contributed by atoms with Gasteiger partial charge in [0.05, 0.1) is 25.4 Å². The number of aliphatic hydroxyl groups excluding tert-OH is 6. The first-order valence-corrected chi connectivity index (χ1v) is 24.5. The van der Waals surface area contributed by atoms with Gasteiger partial charge in [0.2, 0.25) is 5.91 Å². The molecule has 0 aromatic carbocycles. The molecule has 8 atom stereocenters. The number of rotatable bonds is 41. The van der Waals surface area contributed by atoms with Crippen LogP contribution in [0.15, 0.2) is 12.2 Å². The summed E-state index contributed by atoms with van der Waals surface area (Å²) >= 11 is 0. The normalized spacial score (nSPS) is 21.4. The van der Waals surface area contributed by atoms with E-state index in [-0.39, 0.29) is 6.61 Å². The smallest absolute Gasteiger partial charge is 0.249 e. The Hall–Kier alpha value is -1.11. The Morgan fingerprint density at radius 2 is 0.983 bits per heavy atom. The zero-order chi connectivity index (χ0) is 42.5. The number of allylic oxidation sites excluding steroid dienone is 1. The van der Waals surface area contributed by atoms with Gasteiger partial charge in [-0.1, -0.05) is 219 Å². The minimum Gasteiger partial charge on any atom is -0.394 e. The molecule has 1 heterocycles. The third-order valence-electron chi connectivity index (χ3n) is 12.0. The number of carbonyl (C=O) groups excluding carboxylic acids is 1. The summed E-state index contributed by atoms with van der Waals surface area (Å²) in [6.45, 7) is 3.63. The molecule has 0 bridgehead atoms. The second-order valence-corrected chi connectivity index (χ2v) is 17.4. The highest BCUT2D eigenvalue weighted by Crippen LogP contribution is 2.23. The zero-order valence-corrected chi connectivity index (χ0v) is 37.4. The molecule has 0 aromatic heterocycles. The number of nitrogens with one attached hydrogen (secondary N) is 1. The van der Waals surface area contributed by atoms with Gasteiger partial charge < -0.3 is 45.4 Å². The van der Waals surface area contributed by atoms with Crippen molar-refractivity contribution >= 4 is 5.91 Å². The lowest BCUT2D eigenvalue weighted by Gasteiger charge is -2.40. The average molecular weight is 828 g/mol. The van der Waals surface area contributed by atoms with E-state index in [0.29, 0.717) is 6.42 Å². The van der Waals surface area contributed by atoms with Crippen LogP contribution in [-0.4, -0.2) is 98.7 Å². The second-order valence-electron chi connectivity index (χ2n) is 17.4. The summed E-state index contributed by atoms with van der Waals surface area (Å²) in [5.74, 6) is -0.613. The first kappa shape index (κ1) is 54.9. The molecule has 7 N–H and O–H groups in total. The lowest BCUT2D eigenvalue weighted by molar-refractivity contribution is -0.302. The summed E-state index contributed by atoms with van der Waals surface area (Å²) < 4.78 is 11.2. The van der Waals surface area contributed by atoms with Crippen molar-refractivity contribution in [3.8, 4) is 0 Å². The lowest BCUT2D eigenvalue weighted by Crippen LogP contribution is -2.60. The predicted octanol–water partition coefficient (Wildman–Crippen LogP) is 9.48. The Morgan fingerprint density at radius 3 is 1.40 bits per heavy atom. The summed E-state index contributed by atoms with van der Waals surface area (Å²) in [6, 6.07) is -0.974. The van der Waals surface area contributed by atoms with Crippen molar-refractivity contribution < 1.29 is 44.9 Å². The minimum absolute atomic E-state index is 0.301. The van der Waals surface area contributed by atoms with Crippen molar-refractivity contribution in [2.75, 3.05) is 13.2 Å². The first-order chi connectivity index (χ1) is 28.3. The topological polar surface area (TPSA) is 169 Å². The predicted molar refractivity (Wildman–Crippen MR) is 237 cm³/mol. The number of amides is 1. The van der Waals surface area contributed by atoms with Gasteiger partial charge in [-0.2, -0.15) is 0 Å². The van der Waals surface area contributed by atoms with Crippen LogP contribution in [0.1, 0.15) is 226 Å². The van der Waals surface area contributed by atoms with E-state index in [1.54, 1.807) is 6.08 Å². The molecular weight excluding hydrogens is 735 g/mol. The van der Waals surface area contributed by atoms with E-state index in [1.165, 1.54) is 161 Å². The maximum atomic E-state index is 13.1. The molecule has 0 aliphatic carbocycles. The van der Waals surface area contributed by atoms with Gasteiger partial charge >= 0.3 is 0 Å². The average Bonchev–Trinajstić information content (AvgIpc) is 3.22. The van der Waals surface area contributed by atoms with Gasteiger partial charge in [0, 0.05) is 0 Å². The van der Waals surface area contributed by atoms with Gasteiger partial charge in [-0.15, -0.1) is 0 Å². The van der Waals surface area contributed by atoms with Crippen LogP contribution in [0.2, 0.25) is 0 Å². The van der Waals surface area contributed by atoms with Crippen LogP contribution in [0, 0.1) is 0 Å². The fourth-order valence-electron chi connectivity index (χ4n) is 7.93. The zero-order valence-electron chi connectivity index (χ0n) is 37.4. The highest BCUT2D eigenvalue weighted by atomic mass is 16.7. The highest BCUT2D eigenvalue weighted by Gasteiger charge is 2.44. The largest absolute Gasteiger partial charge is 0.394 e. The molecule has 58 heavy (non-hydrogen) atoms. The summed E-state index contributed by atoms with van der Waals surface area (Å²) in [4.78, 5) is 13.1. The quantitative estimate of drug-likeness (QED) is 0.0235. The van der Waals surface area contributed by atoms with Gasteiger partial charge in [0.1, 0.15) is 30.5 Å². The van der Waals surface area contributed by atoms with Gasteiger partial charge in [-0.05, 0) is 19.3 Å². The van der Waals surface area contributed by atoms with E-state index in [4.69, 9.17) is 9.47 Å². The Bertz CT molecular complexity index is 937. The molecule has 0 saturated carbocycles. The van der Waals surface area contributed by atoms with Crippen molar-refractivity contribution in [1.29, 1.82) is 0 Å². The van der Waals surface area contributed by atoms with Gasteiger partial charge in [-0.25, -0.2) is 0 Å². The SMILES string of the molecule is CCCCCCCCCCCCCCCC/C=C/C(O)C(COC1OC(CO)C(O)C(O)C1O)NC(=O)C(O)CCCCCCCCCCCCCCCCCCC. The third kappa shape index (κ3) is 28.4. The molecule has 1 amide bonds. The van der Waals surface area contributed by atoms with Crippen LogP contribution in [0.5, 0.6) is 0 Å². The molecule has 1 saturated heterocycles. The molecule has 1 fully saturated rings. The molecule has 1 aliphatic heterocycles. The molecule has 344 valence electrons. The van der Waals surface area contributed by atoms with Crippen LogP contribution in [0.4, 0.5) is 0 Å².